The van der Waals surface area contributed by atoms with Crippen LogP contribution < -0.4 is 5.32 Å². The molecule has 2 aromatic heterocycles. The summed E-state index contributed by atoms with van der Waals surface area (Å²) in [5, 5.41) is 6.86. The molecule has 2 aromatic rings. The number of aryl methyl sites for hydroxylation is 1. The fraction of sp³-hybridized carbons (Fsp3) is 0.500. The molecule has 0 aromatic carbocycles. The Kier molecular flexibility index (Phi) is 7.24. The maximum atomic E-state index is 13.1. The van der Waals surface area contributed by atoms with E-state index in [1.165, 1.54) is 29.4 Å². The molecule has 1 unspecified atom stereocenters. The molecule has 1 saturated heterocycles. The molecule has 3 rings (SSSR count). The summed E-state index contributed by atoms with van der Waals surface area (Å²) in [6.07, 6.45) is 2.28. The first-order valence-corrected chi connectivity index (χ1v) is 12.4. The number of amides is 1. The second-order valence-corrected chi connectivity index (χ2v) is 10.6. The molecule has 180 valence electrons. The van der Waals surface area contributed by atoms with Gasteiger partial charge < -0.3 is 14.8 Å². The van der Waals surface area contributed by atoms with Crippen LogP contribution in [0, 0.1) is 19.8 Å². The van der Waals surface area contributed by atoms with Crippen LogP contribution in [0.3, 0.4) is 0 Å². The standard InChI is InChI=1S/C20H26N4O7S2/c1-11-15(19(26)30-4)18(32-16(11)20(27)31-5)22-17(25)13-7-6-8-24(10-13)33(28,29)14-9-21-23(3)12(14)2/h9,13H,6-8,10H2,1-5H3,(H,22,25). The number of carbonyl (C=O) groups is 3. The molecule has 33 heavy (non-hydrogen) atoms. The van der Waals surface area contributed by atoms with Crippen LogP contribution in [0.4, 0.5) is 5.00 Å². The summed E-state index contributed by atoms with van der Waals surface area (Å²) in [5.74, 6) is -2.42. The Morgan fingerprint density at radius 1 is 1.18 bits per heavy atom. The largest absolute Gasteiger partial charge is 0.465 e. The minimum absolute atomic E-state index is 0.00965. The minimum atomic E-state index is -3.82. The zero-order valence-corrected chi connectivity index (χ0v) is 20.6. The fourth-order valence-electron chi connectivity index (χ4n) is 3.70. The van der Waals surface area contributed by atoms with Crippen molar-refractivity contribution in [1.29, 1.82) is 0 Å². The van der Waals surface area contributed by atoms with Crippen LogP contribution in [0.2, 0.25) is 0 Å². The number of aromatic nitrogens is 2. The Bertz CT molecular complexity index is 1200. The number of carbonyl (C=O) groups excluding carboxylic acids is 3. The van der Waals surface area contributed by atoms with Gasteiger partial charge in [-0.1, -0.05) is 0 Å². The zero-order chi connectivity index (χ0) is 24.5. The van der Waals surface area contributed by atoms with Gasteiger partial charge in [0.2, 0.25) is 15.9 Å². The molecule has 0 saturated carbocycles. The SMILES string of the molecule is COC(=O)c1sc(NC(=O)C2CCCN(S(=O)(=O)c3cnn(C)c3C)C2)c(C(=O)OC)c1C. The number of rotatable bonds is 6. The van der Waals surface area contributed by atoms with E-state index in [0.717, 1.165) is 11.3 Å². The number of thiophene rings is 1. The number of hydrogen-bond donors (Lipinski definition) is 1. The molecule has 1 amide bonds. The molecule has 1 fully saturated rings. The van der Waals surface area contributed by atoms with E-state index in [1.807, 2.05) is 0 Å². The molecular formula is C20H26N4O7S2. The topological polar surface area (TPSA) is 137 Å². The Labute approximate surface area is 195 Å². The maximum absolute atomic E-state index is 13.1. The van der Waals surface area contributed by atoms with Gasteiger partial charge in [0.15, 0.2) is 0 Å². The lowest BCUT2D eigenvalue weighted by molar-refractivity contribution is -0.120. The van der Waals surface area contributed by atoms with E-state index in [4.69, 9.17) is 9.47 Å². The van der Waals surface area contributed by atoms with E-state index >= 15 is 0 Å². The Morgan fingerprint density at radius 2 is 1.85 bits per heavy atom. The molecule has 3 heterocycles. The number of nitrogens with zero attached hydrogens (tertiary/aromatic N) is 3. The third kappa shape index (κ3) is 4.66. The molecule has 0 aliphatic carbocycles. The quantitative estimate of drug-likeness (QED) is 0.595. The lowest BCUT2D eigenvalue weighted by Crippen LogP contribution is -2.43. The summed E-state index contributed by atoms with van der Waals surface area (Å²) in [4.78, 5) is 37.7. The predicted molar refractivity (Wildman–Crippen MR) is 120 cm³/mol. The first-order chi connectivity index (χ1) is 15.5. The molecule has 0 spiro atoms. The van der Waals surface area contributed by atoms with Gasteiger partial charge in [-0.05, 0) is 32.3 Å². The number of methoxy groups -OCH3 is 2. The first kappa shape index (κ1) is 24.9. The molecule has 0 bridgehead atoms. The van der Waals surface area contributed by atoms with Crippen molar-refractivity contribution in [1.82, 2.24) is 14.1 Å². The Balaban J connectivity index is 1.84. The summed E-state index contributed by atoms with van der Waals surface area (Å²) in [7, 11) is 0.264. The normalized spacial score (nSPS) is 16.9. The summed E-state index contributed by atoms with van der Waals surface area (Å²) in [5.41, 5.74) is 0.921. The van der Waals surface area contributed by atoms with Gasteiger partial charge in [0.25, 0.3) is 0 Å². The molecule has 11 nitrogen and oxygen atoms in total. The highest BCUT2D eigenvalue weighted by atomic mass is 32.2. The highest BCUT2D eigenvalue weighted by molar-refractivity contribution is 7.89. The lowest BCUT2D eigenvalue weighted by Gasteiger charge is -2.31. The van der Waals surface area contributed by atoms with E-state index in [-0.39, 0.29) is 26.9 Å². The maximum Gasteiger partial charge on any atom is 0.348 e. The summed E-state index contributed by atoms with van der Waals surface area (Å²) < 4.78 is 38.6. The van der Waals surface area contributed by atoms with Crippen molar-refractivity contribution < 1.29 is 32.3 Å². The smallest absolute Gasteiger partial charge is 0.348 e. The summed E-state index contributed by atoms with van der Waals surface area (Å²) in [6.45, 7) is 3.51. The van der Waals surface area contributed by atoms with E-state index in [0.29, 0.717) is 30.6 Å². The van der Waals surface area contributed by atoms with Crippen molar-refractivity contribution in [3.63, 3.8) is 0 Å². The van der Waals surface area contributed by atoms with Crippen molar-refractivity contribution in [3.8, 4) is 0 Å². The number of anilines is 1. The average molecular weight is 499 g/mol. The highest BCUT2D eigenvalue weighted by Crippen LogP contribution is 2.35. The van der Waals surface area contributed by atoms with E-state index in [9.17, 15) is 22.8 Å². The monoisotopic (exact) mass is 498 g/mol. The van der Waals surface area contributed by atoms with Crippen LogP contribution in [0.5, 0.6) is 0 Å². The van der Waals surface area contributed by atoms with Crippen LogP contribution in [-0.2, 0) is 31.3 Å². The van der Waals surface area contributed by atoms with E-state index < -0.39 is 33.8 Å². The minimum Gasteiger partial charge on any atom is -0.465 e. The number of nitrogens with one attached hydrogen (secondary N) is 1. The van der Waals surface area contributed by atoms with Gasteiger partial charge in [0.05, 0.1) is 37.6 Å². The average Bonchev–Trinajstić information content (AvgIpc) is 3.31. The van der Waals surface area contributed by atoms with Crippen LogP contribution in [-0.4, -0.2) is 67.7 Å². The van der Waals surface area contributed by atoms with Gasteiger partial charge in [-0.2, -0.15) is 9.40 Å². The van der Waals surface area contributed by atoms with E-state index in [2.05, 4.69) is 10.4 Å². The third-order valence-electron chi connectivity index (χ3n) is 5.71. The van der Waals surface area contributed by atoms with Crippen LogP contribution in [0.25, 0.3) is 0 Å². The second-order valence-electron chi connectivity index (χ2n) is 7.65. The van der Waals surface area contributed by atoms with Gasteiger partial charge in [0, 0.05) is 20.1 Å². The summed E-state index contributed by atoms with van der Waals surface area (Å²) in [6, 6.07) is 0. The van der Waals surface area contributed by atoms with Crippen molar-refractivity contribution in [3.05, 3.63) is 27.9 Å². The number of ether oxygens (including phenoxy) is 2. The number of sulfonamides is 1. The molecule has 0 radical (unpaired) electrons. The third-order valence-corrected chi connectivity index (χ3v) is 8.86. The van der Waals surface area contributed by atoms with Crippen LogP contribution >= 0.6 is 11.3 Å². The van der Waals surface area contributed by atoms with Crippen molar-refractivity contribution >= 4 is 44.2 Å². The van der Waals surface area contributed by atoms with Gasteiger partial charge in [-0.15, -0.1) is 11.3 Å². The Morgan fingerprint density at radius 3 is 2.42 bits per heavy atom. The lowest BCUT2D eigenvalue weighted by atomic mass is 9.99. The molecule has 1 atom stereocenters. The van der Waals surface area contributed by atoms with Gasteiger partial charge in [-0.25, -0.2) is 18.0 Å². The predicted octanol–water partition coefficient (Wildman–Crippen LogP) is 1.71. The first-order valence-electron chi connectivity index (χ1n) is 10.1. The van der Waals surface area contributed by atoms with Crippen molar-refractivity contribution in [2.45, 2.75) is 31.6 Å². The summed E-state index contributed by atoms with van der Waals surface area (Å²) >= 11 is 0.913. The molecule has 1 aliphatic rings. The van der Waals surface area contributed by atoms with Gasteiger partial charge in [0.1, 0.15) is 14.8 Å². The van der Waals surface area contributed by atoms with Crippen LogP contribution in [0.1, 0.15) is 44.1 Å². The number of hydrogen-bond acceptors (Lipinski definition) is 9. The van der Waals surface area contributed by atoms with Crippen LogP contribution in [0.15, 0.2) is 11.1 Å². The highest BCUT2D eigenvalue weighted by Gasteiger charge is 2.36. The molecule has 1 N–H and O–H groups in total. The molecular weight excluding hydrogens is 472 g/mol. The molecule has 1 aliphatic heterocycles. The Hall–Kier alpha value is -2.77. The second kappa shape index (κ2) is 9.61. The molecule has 13 heteroatoms. The zero-order valence-electron chi connectivity index (χ0n) is 19.0. The van der Waals surface area contributed by atoms with Gasteiger partial charge >= 0.3 is 11.9 Å². The fourth-order valence-corrected chi connectivity index (χ4v) is 6.52. The number of piperidine rings is 1. The number of esters is 2. The van der Waals surface area contributed by atoms with Crippen molar-refractivity contribution in [2.75, 3.05) is 32.6 Å². The van der Waals surface area contributed by atoms with Crippen molar-refractivity contribution in [2.24, 2.45) is 13.0 Å². The van der Waals surface area contributed by atoms with Gasteiger partial charge in [-0.3, -0.25) is 9.48 Å². The van der Waals surface area contributed by atoms with E-state index in [1.54, 1.807) is 20.9 Å².